The van der Waals surface area contributed by atoms with Gasteiger partial charge in [-0.2, -0.15) is 0 Å². The number of likely N-dealkylation sites (N-methyl/N-ethyl adjacent to an activating group) is 1. The third-order valence-electron chi connectivity index (χ3n) is 2.68. The van der Waals surface area contributed by atoms with Gasteiger partial charge in [0.1, 0.15) is 0 Å². The lowest BCUT2D eigenvalue weighted by Gasteiger charge is -2.42. The molecule has 0 radical (unpaired) electrons. The topological polar surface area (TPSA) is 27.7 Å². The van der Waals surface area contributed by atoms with Crippen LogP contribution in [0.4, 0.5) is 0 Å². The fraction of sp³-hybridized carbons (Fsp3) is 0.800. The summed E-state index contributed by atoms with van der Waals surface area (Å²) in [6.45, 7) is 7.66. The van der Waals surface area contributed by atoms with Crippen molar-refractivity contribution in [2.24, 2.45) is 0 Å². The molecule has 0 aliphatic rings. The van der Waals surface area contributed by atoms with Crippen molar-refractivity contribution in [1.82, 2.24) is 0 Å². The smallest absolute Gasteiger partial charge is 0.328 e. The minimum atomic E-state index is -2.65. The van der Waals surface area contributed by atoms with Gasteiger partial charge in [0.15, 0.2) is 0 Å². The van der Waals surface area contributed by atoms with Gasteiger partial charge in [-0.25, -0.2) is 0 Å². The molecule has 4 nitrogen and oxygen atoms in total. The van der Waals surface area contributed by atoms with E-state index in [1.54, 1.807) is 21.3 Å². The molecule has 0 amide bonds. The molecular formula is C10H24NO3Si+. The Morgan fingerprint density at radius 3 is 1.93 bits per heavy atom. The third kappa shape index (κ3) is 2.89. The van der Waals surface area contributed by atoms with Crippen molar-refractivity contribution in [3.05, 3.63) is 12.7 Å². The van der Waals surface area contributed by atoms with Crippen molar-refractivity contribution >= 4 is 8.97 Å². The lowest BCUT2D eigenvalue weighted by Crippen LogP contribution is -2.70. The molecule has 0 aromatic heterocycles. The number of hydrogen-bond donors (Lipinski definition) is 0. The Kier molecular flexibility index (Phi) is 6.31. The molecule has 1 unspecified atom stereocenters. The average Bonchev–Trinajstić information content (AvgIpc) is 2.21. The van der Waals surface area contributed by atoms with Gasteiger partial charge in [0, 0.05) is 21.3 Å². The zero-order chi connectivity index (χ0) is 11.9. The Morgan fingerprint density at radius 2 is 1.67 bits per heavy atom. The molecule has 0 N–H and O–H groups in total. The lowest BCUT2D eigenvalue weighted by atomic mass is 10.4. The lowest BCUT2D eigenvalue weighted by molar-refractivity contribution is -0.833. The van der Waals surface area contributed by atoms with Crippen LogP contribution in [0.5, 0.6) is 0 Å². The monoisotopic (exact) mass is 234 g/mol. The number of hydrogen-bond acceptors (Lipinski definition) is 3. The van der Waals surface area contributed by atoms with Crippen molar-refractivity contribution in [2.45, 2.75) is 13.3 Å². The summed E-state index contributed by atoms with van der Waals surface area (Å²) >= 11 is 0. The van der Waals surface area contributed by atoms with Crippen LogP contribution in [0.3, 0.4) is 0 Å². The largest absolute Gasteiger partial charge is 0.783 e. The normalized spacial score (nSPS) is 16.1. The maximum atomic E-state index is 5.53. The van der Waals surface area contributed by atoms with E-state index in [2.05, 4.69) is 20.6 Å². The maximum absolute atomic E-state index is 5.53. The number of nitrogens with zero attached hydrogens (tertiary/aromatic N) is 1. The van der Waals surface area contributed by atoms with E-state index in [1.165, 1.54) is 0 Å². The van der Waals surface area contributed by atoms with Crippen LogP contribution in [0, 0.1) is 0 Å². The molecule has 0 rings (SSSR count). The van der Waals surface area contributed by atoms with Crippen LogP contribution in [0.25, 0.3) is 0 Å². The summed E-state index contributed by atoms with van der Waals surface area (Å²) in [5.74, 6) is 0. The van der Waals surface area contributed by atoms with Gasteiger partial charge in [-0.1, -0.05) is 13.5 Å². The molecule has 15 heavy (non-hydrogen) atoms. The van der Waals surface area contributed by atoms with E-state index in [4.69, 9.17) is 13.3 Å². The molecule has 0 spiro atoms. The van der Waals surface area contributed by atoms with Crippen LogP contribution in [0.2, 0.25) is 0 Å². The first kappa shape index (κ1) is 14.8. The molecule has 0 aliphatic heterocycles. The molecule has 0 saturated carbocycles. The van der Waals surface area contributed by atoms with E-state index in [9.17, 15) is 0 Å². The summed E-state index contributed by atoms with van der Waals surface area (Å²) in [6.07, 6.45) is 2.93. The van der Waals surface area contributed by atoms with Crippen molar-refractivity contribution < 1.29 is 17.4 Å². The highest BCUT2D eigenvalue weighted by Crippen LogP contribution is 2.21. The summed E-state index contributed by atoms with van der Waals surface area (Å²) < 4.78 is 17.2. The molecule has 0 aliphatic carbocycles. The molecule has 0 aromatic carbocycles. The minimum absolute atomic E-state index is 0.635. The SMILES string of the molecule is C=CC[N+](C)(CCC)[Si](OC)(OC)OC. The second kappa shape index (κ2) is 6.39. The highest BCUT2D eigenvalue weighted by atomic mass is 28.4. The fourth-order valence-corrected chi connectivity index (χ4v) is 4.70. The maximum Gasteiger partial charge on any atom is 0.783 e. The second-order valence-corrected chi connectivity index (χ2v) is 7.08. The van der Waals surface area contributed by atoms with Gasteiger partial charge in [0.05, 0.1) is 20.1 Å². The highest BCUT2D eigenvalue weighted by molar-refractivity contribution is 6.52. The van der Waals surface area contributed by atoms with Crippen LogP contribution < -0.4 is 0 Å². The fourth-order valence-electron chi connectivity index (χ4n) is 2.03. The first-order valence-electron chi connectivity index (χ1n) is 5.16. The van der Waals surface area contributed by atoms with Gasteiger partial charge in [0.2, 0.25) is 0 Å². The van der Waals surface area contributed by atoms with E-state index in [-0.39, 0.29) is 0 Å². The summed E-state index contributed by atoms with van der Waals surface area (Å²) in [7, 11) is 4.39. The first-order chi connectivity index (χ1) is 7.05. The predicted octanol–water partition coefficient (Wildman–Crippen LogP) is 1.40. The van der Waals surface area contributed by atoms with Crippen molar-refractivity contribution in [3.8, 4) is 0 Å². The zero-order valence-electron chi connectivity index (χ0n) is 10.6. The second-order valence-electron chi connectivity index (χ2n) is 3.73. The molecule has 0 fully saturated rings. The van der Waals surface area contributed by atoms with Gasteiger partial charge in [-0.05, 0) is 12.5 Å². The Hall–Kier alpha value is -0.203. The average molecular weight is 234 g/mol. The summed E-state index contributed by atoms with van der Waals surface area (Å²) in [4.78, 5) is 0. The molecule has 0 bridgehead atoms. The van der Waals surface area contributed by atoms with Crippen LogP contribution in [-0.2, 0) is 13.3 Å². The van der Waals surface area contributed by atoms with E-state index in [0.717, 1.165) is 19.5 Å². The van der Waals surface area contributed by atoms with Gasteiger partial charge in [0.25, 0.3) is 0 Å². The van der Waals surface area contributed by atoms with Gasteiger partial charge < -0.3 is 17.4 Å². The first-order valence-corrected chi connectivity index (χ1v) is 6.84. The van der Waals surface area contributed by atoms with Crippen molar-refractivity contribution in [2.75, 3.05) is 41.5 Å². The molecule has 5 heteroatoms. The Labute approximate surface area is 94.5 Å². The van der Waals surface area contributed by atoms with E-state index >= 15 is 0 Å². The molecule has 0 saturated heterocycles. The van der Waals surface area contributed by atoms with E-state index < -0.39 is 8.97 Å². The van der Waals surface area contributed by atoms with E-state index in [0.29, 0.717) is 4.15 Å². The van der Waals surface area contributed by atoms with Gasteiger partial charge >= 0.3 is 8.97 Å². The predicted molar refractivity (Wildman–Crippen MR) is 63.2 cm³/mol. The summed E-state index contributed by atoms with van der Waals surface area (Å²) in [5.41, 5.74) is 0. The van der Waals surface area contributed by atoms with Crippen molar-refractivity contribution in [1.29, 1.82) is 0 Å². The zero-order valence-corrected chi connectivity index (χ0v) is 11.6. The van der Waals surface area contributed by atoms with Crippen LogP contribution >= 0.6 is 0 Å². The standard InChI is InChI=1S/C10H24NO3Si/c1-7-9-11(3,10-8-2)15(12-4,13-5)14-6/h7H,1,8-10H2,2-6H3/q+1. The van der Waals surface area contributed by atoms with E-state index in [1.807, 2.05) is 6.08 Å². The summed E-state index contributed by atoms with van der Waals surface area (Å²) in [6, 6.07) is 0. The summed E-state index contributed by atoms with van der Waals surface area (Å²) in [5, 5.41) is 0. The van der Waals surface area contributed by atoms with Crippen LogP contribution in [0.15, 0.2) is 12.7 Å². The Morgan fingerprint density at radius 1 is 1.20 bits per heavy atom. The molecular weight excluding hydrogens is 210 g/mol. The quantitative estimate of drug-likeness (QED) is 0.469. The van der Waals surface area contributed by atoms with Crippen molar-refractivity contribution in [3.63, 3.8) is 0 Å². The number of rotatable bonds is 8. The molecule has 0 heterocycles. The Balaban J connectivity index is 5.05. The third-order valence-corrected chi connectivity index (χ3v) is 5.96. The number of quaternary nitrogens is 1. The molecule has 0 aromatic rings. The minimum Gasteiger partial charge on any atom is -0.328 e. The van der Waals surface area contributed by atoms with Crippen LogP contribution in [0.1, 0.15) is 13.3 Å². The molecule has 1 atom stereocenters. The molecule has 90 valence electrons. The van der Waals surface area contributed by atoms with Gasteiger partial charge in [-0.15, -0.1) is 0 Å². The highest BCUT2D eigenvalue weighted by Gasteiger charge is 2.61. The van der Waals surface area contributed by atoms with Gasteiger partial charge in [-0.3, -0.25) is 0 Å². The van der Waals surface area contributed by atoms with Crippen LogP contribution in [-0.4, -0.2) is 54.6 Å². The Bertz CT molecular complexity index is 189.